The van der Waals surface area contributed by atoms with Crippen molar-refractivity contribution in [2.45, 2.75) is 52.8 Å². The first-order valence-electron chi connectivity index (χ1n) is 7.39. The highest BCUT2D eigenvalue weighted by atomic mass is 16.5. The average molecular weight is 279 g/mol. The van der Waals surface area contributed by atoms with Gasteiger partial charge in [-0.15, -0.1) is 0 Å². The first-order valence-corrected chi connectivity index (χ1v) is 7.39. The number of methoxy groups -OCH3 is 2. The van der Waals surface area contributed by atoms with Crippen LogP contribution in [0.1, 0.15) is 51.3 Å². The van der Waals surface area contributed by atoms with Crippen LogP contribution < -0.4 is 10.1 Å². The fraction of sp³-hybridized carbons (Fsp3) is 0.647. The molecule has 0 aromatic heterocycles. The average Bonchev–Trinajstić information content (AvgIpc) is 2.37. The smallest absolute Gasteiger partial charge is 0.124 e. The van der Waals surface area contributed by atoms with Crippen LogP contribution in [-0.4, -0.2) is 20.3 Å². The molecular weight excluding hydrogens is 250 g/mol. The van der Waals surface area contributed by atoms with Crippen molar-refractivity contribution in [1.82, 2.24) is 5.32 Å². The highest BCUT2D eigenvalue weighted by Gasteiger charge is 2.13. The molecule has 3 nitrogen and oxygen atoms in total. The van der Waals surface area contributed by atoms with Gasteiger partial charge < -0.3 is 14.8 Å². The number of rotatable bonds is 8. The molecule has 0 spiro atoms. The van der Waals surface area contributed by atoms with Crippen LogP contribution in [0.3, 0.4) is 0 Å². The second kappa shape index (κ2) is 8.28. The SMILES string of the molecule is COCc1cc(C(C)NC(C)CC(C)C)ccc1OC. The molecule has 0 radical (unpaired) electrons. The van der Waals surface area contributed by atoms with E-state index in [1.807, 2.05) is 6.07 Å². The minimum absolute atomic E-state index is 0.324. The molecular formula is C17H29NO2. The van der Waals surface area contributed by atoms with Gasteiger partial charge >= 0.3 is 0 Å². The number of ether oxygens (including phenoxy) is 2. The molecule has 1 rings (SSSR count). The number of nitrogens with one attached hydrogen (secondary N) is 1. The van der Waals surface area contributed by atoms with Crippen molar-refractivity contribution in [3.05, 3.63) is 29.3 Å². The topological polar surface area (TPSA) is 30.5 Å². The summed E-state index contributed by atoms with van der Waals surface area (Å²) in [7, 11) is 3.40. The van der Waals surface area contributed by atoms with Crippen LogP contribution in [0.15, 0.2) is 18.2 Å². The summed E-state index contributed by atoms with van der Waals surface area (Å²) in [6.45, 7) is 9.54. The Kier molecular flexibility index (Phi) is 7.03. The lowest BCUT2D eigenvalue weighted by Crippen LogP contribution is -2.30. The van der Waals surface area contributed by atoms with Gasteiger partial charge in [0.1, 0.15) is 5.75 Å². The maximum absolute atomic E-state index is 5.37. The molecule has 20 heavy (non-hydrogen) atoms. The highest BCUT2D eigenvalue weighted by molar-refractivity contribution is 5.38. The molecule has 0 heterocycles. The third kappa shape index (κ3) is 5.14. The van der Waals surface area contributed by atoms with Crippen LogP contribution in [0.2, 0.25) is 0 Å². The summed E-state index contributed by atoms with van der Waals surface area (Å²) >= 11 is 0. The van der Waals surface area contributed by atoms with Gasteiger partial charge in [-0.25, -0.2) is 0 Å². The van der Waals surface area contributed by atoms with Crippen molar-refractivity contribution < 1.29 is 9.47 Å². The van der Waals surface area contributed by atoms with E-state index in [9.17, 15) is 0 Å². The monoisotopic (exact) mass is 279 g/mol. The van der Waals surface area contributed by atoms with Gasteiger partial charge in [0.15, 0.2) is 0 Å². The molecule has 0 bridgehead atoms. The molecule has 1 N–H and O–H groups in total. The van der Waals surface area contributed by atoms with Crippen LogP contribution in [0, 0.1) is 5.92 Å². The van der Waals surface area contributed by atoms with Crippen LogP contribution in [0.5, 0.6) is 5.75 Å². The fourth-order valence-corrected chi connectivity index (χ4v) is 2.63. The fourth-order valence-electron chi connectivity index (χ4n) is 2.63. The lowest BCUT2D eigenvalue weighted by molar-refractivity contribution is 0.181. The Morgan fingerprint density at radius 2 is 1.80 bits per heavy atom. The second-order valence-electron chi connectivity index (χ2n) is 5.92. The summed E-state index contributed by atoms with van der Waals surface area (Å²) in [5.74, 6) is 1.60. The summed E-state index contributed by atoms with van der Waals surface area (Å²) in [5, 5.41) is 3.65. The van der Waals surface area contributed by atoms with Crippen LogP contribution in [0.4, 0.5) is 0 Å². The quantitative estimate of drug-likeness (QED) is 0.782. The second-order valence-corrected chi connectivity index (χ2v) is 5.92. The van der Waals surface area contributed by atoms with E-state index in [-0.39, 0.29) is 0 Å². The van der Waals surface area contributed by atoms with Crippen LogP contribution in [0.25, 0.3) is 0 Å². The Morgan fingerprint density at radius 3 is 2.35 bits per heavy atom. The largest absolute Gasteiger partial charge is 0.496 e. The summed E-state index contributed by atoms with van der Waals surface area (Å²) in [4.78, 5) is 0. The Balaban J connectivity index is 2.77. The first kappa shape index (κ1) is 17.0. The number of benzene rings is 1. The van der Waals surface area contributed by atoms with Gasteiger partial charge in [0.2, 0.25) is 0 Å². The van der Waals surface area contributed by atoms with E-state index in [2.05, 4.69) is 45.1 Å². The molecule has 0 saturated carbocycles. The predicted molar refractivity (Wildman–Crippen MR) is 84.2 cm³/mol. The maximum Gasteiger partial charge on any atom is 0.124 e. The summed E-state index contributed by atoms with van der Waals surface area (Å²) in [5.41, 5.74) is 2.37. The third-order valence-electron chi connectivity index (χ3n) is 3.46. The van der Waals surface area contributed by atoms with Crippen molar-refractivity contribution in [3.8, 4) is 5.75 Å². The molecule has 0 amide bonds. The summed E-state index contributed by atoms with van der Waals surface area (Å²) in [6, 6.07) is 7.15. The molecule has 1 aromatic carbocycles. The third-order valence-corrected chi connectivity index (χ3v) is 3.46. The molecule has 3 heteroatoms. The first-order chi connectivity index (χ1) is 9.47. The Hall–Kier alpha value is -1.06. The zero-order valence-corrected chi connectivity index (χ0v) is 13.7. The van der Waals surface area contributed by atoms with E-state index in [1.165, 1.54) is 12.0 Å². The van der Waals surface area contributed by atoms with Crippen molar-refractivity contribution in [1.29, 1.82) is 0 Å². The molecule has 2 unspecified atom stereocenters. The van der Waals surface area contributed by atoms with Crippen LogP contribution in [-0.2, 0) is 11.3 Å². The minimum atomic E-state index is 0.324. The number of hydrogen-bond acceptors (Lipinski definition) is 3. The highest BCUT2D eigenvalue weighted by Crippen LogP contribution is 2.24. The standard InChI is InChI=1S/C17H29NO2/c1-12(2)9-13(3)18-14(4)15-7-8-17(20-6)16(10-15)11-19-5/h7-8,10,12-14,18H,9,11H2,1-6H3. The van der Waals surface area contributed by atoms with Gasteiger partial charge in [-0.05, 0) is 43.9 Å². The zero-order valence-electron chi connectivity index (χ0n) is 13.7. The van der Waals surface area contributed by atoms with Gasteiger partial charge in [0, 0.05) is 24.8 Å². The van der Waals surface area contributed by atoms with Crippen LogP contribution >= 0.6 is 0 Å². The molecule has 0 aliphatic rings. The normalized spacial score (nSPS) is 14.3. The molecule has 0 aliphatic heterocycles. The van der Waals surface area contributed by atoms with Gasteiger partial charge in [0.25, 0.3) is 0 Å². The van der Waals surface area contributed by atoms with Crippen molar-refractivity contribution in [3.63, 3.8) is 0 Å². The lowest BCUT2D eigenvalue weighted by atomic mass is 10.0. The molecule has 1 aromatic rings. The Bertz CT molecular complexity index is 404. The molecule has 0 fully saturated rings. The molecule has 0 saturated heterocycles. The van der Waals surface area contributed by atoms with Gasteiger partial charge in [-0.3, -0.25) is 0 Å². The van der Waals surface area contributed by atoms with E-state index in [0.717, 1.165) is 11.3 Å². The van der Waals surface area contributed by atoms with Gasteiger partial charge in [0.05, 0.1) is 13.7 Å². The minimum Gasteiger partial charge on any atom is -0.496 e. The summed E-state index contributed by atoms with van der Waals surface area (Å²) in [6.07, 6.45) is 1.19. The van der Waals surface area contributed by atoms with Crippen molar-refractivity contribution in [2.75, 3.05) is 14.2 Å². The molecule has 114 valence electrons. The van der Waals surface area contributed by atoms with E-state index >= 15 is 0 Å². The predicted octanol–water partition coefficient (Wildman–Crippen LogP) is 3.93. The lowest BCUT2D eigenvalue weighted by Gasteiger charge is -2.22. The molecule has 0 aliphatic carbocycles. The van der Waals surface area contributed by atoms with E-state index in [4.69, 9.17) is 9.47 Å². The number of hydrogen-bond donors (Lipinski definition) is 1. The Labute approximate surface area is 123 Å². The van der Waals surface area contributed by atoms with Gasteiger partial charge in [-0.1, -0.05) is 19.9 Å². The van der Waals surface area contributed by atoms with Crippen molar-refractivity contribution >= 4 is 0 Å². The zero-order chi connectivity index (χ0) is 15.1. The molecule has 2 atom stereocenters. The van der Waals surface area contributed by atoms with Gasteiger partial charge in [-0.2, -0.15) is 0 Å². The maximum atomic E-state index is 5.37. The van der Waals surface area contributed by atoms with E-state index in [1.54, 1.807) is 14.2 Å². The van der Waals surface area contributed by atoms with E-state index in [0.29, 0.717) is 24.6 Å². The van der Waals surface area contributed by atoms with Crippen molar-refractivity contribution in [2.24, 2.45) is 5.92 Å². The Morgan fingerprint density at radius 1 is 1.10 bits per heavy atom. The van der Waals surface area contributed by atoms with E-state index < -0.39 is 0 Å². The summed E-state index contributed by atoms with van der Waals surface area (Å²) < 4.78 is 10.6.